The SMILES string of the molecule is CCN1CCC(CNCC(=O)OC)CC1. The summed E-state index contributed by atoms with van der Waals surface area (Å²) >= 11 is 0. The molecule has 0 aliphatic carbocycles. The zero-order chi connectivity index (χ0) is 11.1. The van der Waals surface area contributed by atoms with Gasteiger partial charge in [-0.3, -0.25) is 4.79 Å². The third kappa shape index (κ3) is 4.62. The van der Waals surface area contributed by atoms with E-state index in [9.17, 15) is 4.79 Å². The number of methoxy groups -OCH3 is 1. The summed E-state index contributed by atoms with van der Waals surface area (Å²) < 4.78 is 4.56. The Morgan fingerprint density at radius 3 is 2.67 bits per heavy atom. The number of esters is 1. The molecule has 1 rings (SSSR count). The van der Waals surface area contributed by atoms with Crippen molar-refractivity contribution >= 4 is 5.97 Å². The molecule has 0 saturated carbocycles. The number of rotatable bonds is 5. The normalized spacial score (nSPS) is 19.1. The topological polar surface area (TPSA) is 41.6 Å². The summed E-state index contributed by atoms with van der Waals surface area (Å²) in [5.41, 5.74) is 0. The Kier molecular flexibility index (Phi) is 5.65. The number of carbonyl (C=O) groups is 1. The highest BCUT2D eigenvalue weighted by Gasteiger charge is 2.17. The maximum absolute atomic E-state index is 10.9. The molecule has 0 spiro atoms. The van der Waals surface area contributed by atoms with Gasteiger partial charge in [-0.1, -0.05) is 6.92 Å². The van der Waals surface area contributed by atoms with Gasteiger partial charge < -0.3 is 15.0 Å². The van der Waals surface area contributed by atoms with E-state index in [0.717, 1.165) is 19.0 Å². The molecule has 1 N–H and O–H groups in total. The van der Waals surface area contributed by atoms with Crippen LogP contribution in [0.25, 0.3) is 0 Å². The summed E-state index contributed by atoms with van der Waals surface area (Å²) in [5.74, 6) is 0.540. The van der Waals surface area contributed by atoms with Gasteiger partial charge in [0.2, 0.25) is 0 Å². The summed E-state index contributed by atoms with van der Waals surface area (Å²) in [6.45, 7) is 7.03. The first-order valence-electron chi connectivity index (χ1n) is 5.76. The van der Waals surface area contributed by atoms with Gasteiger partial charge in [0.1, 0.15) is 0 Å². The van der Waals surface area contributed by atoms with E-state index >= 15 is 0 Å². The molecule has 0 atom stereocenters. The minimum atomic E-state index is -0.180. The van der Waals surface area contributed by atoms with Gasteiger partial charge in [0.05, 0.1) is 13.7 Å². The molecule has 1 aliphatic rings. The smallest absolute Gasteiger partial charge is 0.319 e. The van der Waals surface area contributed by atoms with Crippen molar-refractivity contribution in [3.8, 4) is 0 Å². The van der Waals surface area contributed by atoms with Gasteiger partial charge in [-0.15, -0.1) is 0 Å². The Morgan fingerprint density at radius 2 is 2.13 bits per heavy atom. The van der Waals surface area contributed by atoms with Crippen LogP contribution in [-0.2, 0) is 9.53 Å². The van der Waals surface area contributed by atoms with E-state index in [1.165, 1.54) is 33.0 Å². The molecule has 0 unspecified atom stereocenters. The average Bonchev–Trinajstić information content (AvgIpc) is 2.29. The molecule has 0 aromatic rings. The molecule has 0 aromatic heterocycles. The van der Waals surface area contributed by atoms with Crippen molar-refractivity contribution in [2.75, 3.05) is 39.8 Å². The van der Waals surface area contributed by atoms with Crippen LogP contribution in [0.2, 0.25) is 0 Å². The highest BCUT2D eigenvalue weighted by Crippen LogP contribution is 2.15. The van der Waals surface area contributed by atoms with E-state index in [0.29, 0.717) is 6.54 Å². The second-order valence-electron chi connectivity index (χ2n) is 4.08. The highest BCUT2D eigenvalue weighted by molar-refractivity contribution is 5.71. The Balaban J connectivity index is 2.06. The van der Waals surface area contributed by atoms with Gasteiger partial charge in [0.25, 0.3) is 0 Å². The molecule has 0 amide bonds. The number of ether oxygens (including phenoxy) is 1. The Bertz CT molecular complexity index is 189. The third-order valence-electron chi connectivity index (χ3n) is 3.08. The fraction of sp³-hybridized carbons (Fsp3) is 0.909. The molecule has 1 fully saturated rings. The average molecular weight is 214 g/mol. The second kappa shape index (κ2) is 6.80. The molecule has 0 radical (unpaired) electrons. The Labute approximate surface area is 92.0 Å². The molecule has 15 heavy (non-hydrogen) atoms. The van der Waals surface area contributed by atoms with Gasteiger partial charge >= 0.3 is 5.97 Å². The van der Waals surface area contributed by atoms with Gasteiger partial charge in [-0.25, -0.2) is 0 Å². The van der Waals surface area contributed by atoms with E-state index in [2.05, 4.69) is 21.9 Å². The van der Waals surface area contributed by atoms with Crippen LogP contribution in [0, 0.1) is 5.92 Å². The summed E-state index contributed by atoms with van der Waals surface area (Å²) in [7, 11) is 1.42. The minimum Gasteiger partial charge on any atom is -0.468 e. The van der Waals surface area contributed by atoms with Crippen LogP contribution in [0.1, 0.15) is 19.8 Å². The number of nitrogens with one attached hydrogen (secondary N) is 1. The number of hydrogen-bond donors (Lipinski definition) is 1. The summed E-state index contributed by atoms with van der Waals surface area (Å²) in [6, 6.07) is 0. The van der Waals surface area contributed by atoms with Crippen molar-refractivity contribution < 1.29 is 9.53 Å². The van der Waals surface area contributed by atoms with E-state index in [1.54, 1.807) is 0 Å². The molecular weight excluding hydrogens is 192 g/mol. The number of likely N-dealkylation sites (tertiary alicyclic amines) is 1. The fourth-order valence-corrected chi connectivity index (χ4v) is 1.96. The quantitative estimate of drug-likeness (QED) is 0.676. The molecule has 1 aliphatic heterocycles. The summed E-state index contributed by atoms with van der Waals surface area (Å²) in [6.07, 6.45) is 2.48. The van der Waals surface area contributed by atoms with Crippen LogP contribution in [-0.4, -0.2) is 50.7 Å². The zero-order valence-corrected chi connectivity index (χ0v) is 9.79. The third-order valence-corrected chi connectivity index (χ3v) is 3.08. The van der Waals surface area contributed by atoms with Crippen molar-refractivity contribution in [2.24, 2.45) is 5.92 Å². The molecule has 1 saturated heterocycles. The molecule has 4 heteroatoms. The predicted octanol–water partition coefficient (Wildman–Crippen LogP) is 0.481. The van der Waals surface area contributed by atoms with Crippen molar-refractivity contribution in [1.82, 2.24) is 10.2 Å². The predicted molar refractivity (Wildman–Crippen MR) is 59.7 cm³/mol. The zero-order valence-electron chi connectivity index (χ0n) is 9.79. The van der Waals surface area contributed by atoms with Crippen molar-refractivity contribution in [3.63, 3.8) is 0 Å². The highest BCUT2D eigenvalue weighted by atomic mass is 16.5. The molecule has 1 heterocycles. The largest absolute Gasteiger partial charge is 0.468 e. The van der Waals surface area contributed by atoms with E-state index < -0.39 is 0 Å². The van der Waals surface area contributed by atoms with Crippen molar-refractivity contribution in [3.05, 3.63) is 0 Å². The van der Waals surface area contributed by atoms with Crippen molar-refractivity contribution in [2.45, 2.75) is 19.8 Å². The molecule has 4 nitrogen and oxygen atoms in total. The summed E-state index contributed by atoms with van der Waals surface area (Å²) in [5, 5.41) is 3.15. The van der Waals surface area contributed by atoms with Gasteiger partial charge in [0.15, 0.2) is 0 Å². The first-order chi connectivity index (χ1) is 7.26. The van der Waals surface area contributed by atoms with Crippen LogP contribution in [0.15, 0.2) is 0 Å². The monoisotopic (exact) mass is 214 g/mol. The second-order valence-corrected chi connectivity index (χ2v) is 4.08. The maximum atomic E-state index is 10.9. The van der Waals surface area contributed by atoms with Crippen LogP contribution in [0.4, 0.5) is 0 Å². The van der Waals surface area contributed by atoms with Crippen LogP contribution in [0.5, 0.6) is 0 Å². The van der Waals surface area contributed by atoms with Crippen LogP contribution >= 0.6 is 0 Å². The lowest BCUT2D eigenvalue weighted by Gasteiger charge is -2.31. The lowest BCUT2D eigenvalue weighted by molar-refractivity contribution is -0.139. The number of carbonyl (C=O) groups excluding carboxylic acids is 1. The van der Waals surface area contributed by atoms with E-state index in [4.69, 9.17) is 0 Å². The number of piperidine rings is 1. The molecule has 0 aromatic carbocycles. The summed E-state index contributed by atoms with van der Waals surface area (Å²) in [4.78, 5) is 13.3. The van der Waals surface area contributed by atoms with Gasteiger partial charge in [0, 0.05) is 0 Å². The molecule has 88 valence electrons. The minimum absolute atomic E-state index is 0.180. The van der Waals surface area contributed by atoms with Gasteiger partial charge in [-0.05, 0) is 44.9 Å². The standard InChI is InChI=1S/C11H22N2O2/c1-3-13-6-4-10(5-7-13)8-12-9-11(14)15-2/h10,12H,3-9H2,1-2H3. The lowest BCUT2D eigenvalue weighted by atomic mass is 9.97. The molecule has 0 bridgehead atoms. The van der Waals surface area contributed by atoms with Crippen LogP contribution < -0.4 is 5.32 Å². The number of hydrogen-bond acceptors (Lipinski definition) is 4. The Morgan fingerprint density at radius 1 is 1.47 bits per heavy atom. The van der Waals surface area contributed by atoms with E-state index in [1.807, 2.05) is 0 Å². The fourth-order valence-electron chi connectivity index (χ4n) is 1.96. The Hall–Kier alpha value is -0.610. The first kappa shape index (κ1) is 12.5. The molecular formula is C11H22N2O2. The van der Waals surface area contributed by atoms with Crippen LogP contribution in [0.3, 0.4) is 0 Å². The van der Waals surface area contributed by atoms with Crippen molar-refractivity contribution in [1.29, 1.82) is 0 Å². The first-order valence-corrected chi connectivity index (χ1v) is 5.76. The number of nitrogens with zero attached hydrogens (tertiary/aromatic N) is 1. The van der Waals surface area contributed by atoms with E-state index in [-0.39, 0.29) is 5.97 Å². The lowest BCUT2D eigenvalue weighted by Crippen LogP contribution is -2.38. The van der Waals surface area contributed by atoms with Gasteiger partial charge in [-0.2, -0.15) is 0 Å². The maximum Gasteiger partial charge on any atom is 0.319 e.